The Morgan fingerprint density at radius 3 is 2.45 bits per heavy atom. The van der Waals surface area contributed by atoms with Gasteiger partial charge in [0, 0.05) is 17.6 Å². The first-order valence-corrected chi connectivity index (χ1v) is 9.92. The van der Waals surface area contributed by atoms with Gasteiger partial charge in [-0.1, -0.05) is 25.5 Å². The third-order valence-electron chi connectivity index (χ3n) is 5.15. The smallest absolute Gasteiger partial charge is 0.434 e. The molecule has 0 aliphatic rings. The first-order valence-electron chi connectivity index (χ1n) is 9.92. The molecule has 0 saturated heterocycles. The summed E-state index contributed by atoms with van der Waals surface area (Å²) in [5, 5.41) is 12.7. The average molecular weight is 431 g/mol. The van der Waals surface area contributed by atoms with E-state index in [0.717, 1.165) is 42.2 Å². The molecule has 3 rings (SSSR count). The molecule has 1 atom stereocenters. The minimum Gasteiger partial charge on any atom is -0.478 e. The minimum atomic E-state index is -4.48. The Hall–Kier alpha value is -3.29. The molecule has 0 aliphatic heterocycles. The fourth-order valence-corrected chi connectivity index (χ4v) is 3.59. The topological polar surface area (TPSA) is 67.2 Å². The maximum absolute atomic E-state index is 12.8. The monoisotopic (exact) mass is 431 g/mol. The molecule has 0 bridgehead atoms. The number of hydrogen-bond donors (Lipinski definition) is 2. The zero-order valence-corrected chi connectivity index (χ0v) is 17.5. The van der Waals surface area contributed by atoms with Crippen molar-refractivity contribution < 1.29 is 23.1 Å². The van der Waals surface area contributed by atoms with Gasteiger partial charge in [-0.2, -0.15) is 13.2 Å². The molecule has 0 radical (unpaired) electrons. The fraction of sp³-hybridized carbons (Fsp3) is 0.304. The number of benzene rings is 2. The molecule has 2 aromatic carbocycles. The van der Waals surface area contributed by atoms with E-state index in [1.807, 2.05) is 31.2 Å². The summed E-state index contributed by atoms with van der Waals surface area (Å²) in [4.78, 5) is 14.7. The third-order valence-corrected chi connectivity index (χ3v) is 5.15. The minimum absolute atomic E-state index is 0.0260. The molecule has 1 aromatic heterocycles. The highest BCUT2D eigenvalue weighted by Gasteiger charge is 2.33. The number of imidazole rings is 1. The maximum Gasteiger partial charge on any atom is 0.434 e. The van der Waals surface area contributed by atoms with Crippen molar-refractivity contribution in [2.24, 2.45) is 0 Å². The van der Waals surface area contributed by atoms with Crippen LogP contribution >= 0.6 is 0 Å². The standard InChI is InChI=1S/C23H24F3N3O2/c1-4-5-19(16-6-8-18(22(30)31)14(2)10-16)28-17-7-9-20(15(3)11-17)29-12-21(27-13-29)23(24,25)26/h6-13,19,28H,4-5H2,1-3H3,(H,30,31). The molecule has 2 N–H and O–H groups in total. The van der Waals surface area contributed by atoms with E-state index in [0.29, 0.717) is 11.3 Å². The summed E-state index contributed by atoms with van der Waals surface area (Å²) in [6, 6.07) is 10.7. The lowest BCUT2D eigenvalue weighted by Gasteiger charge is -2.22. The number of halogens is 3. The van der Waals surface area contributed by atoms with Crippen LogP contribution in [0.15, 0.2) is 48.9 Å². The van der Waals surface area contributed by atoms with E-state index >= 15 is 0 Å². The largest absolute Gasteiger partial charge is 0.478 e. The van der Waals surface area contributed by atoms with Crippen molar-refractivity contribution in [1.29, 1.82) is 0 Å². The van der Waals surface area contributed by atoms with Crippen molar-refractivity contribution in [2.75, 3.05) is 5.32 Å². The fourth-order valence-electron chi connectivity index (χ4n) is 3.59. The van der Waals surface area contributed by atoms with Gasteiger partial charge in [-0.15, -0.1) is 0 Å². The summed E-state index contributed by atoms with van der Waals surface area (Å²) in [7, 11) is 0. The van der Waals surface area contributed by atoms with Crippen molar-refractivity contribution in [3.63, 3.8) is 0 Å². The Labute approximate surface area is 178 Å². The van der Waals surface area contributed by atoms with Crippen LogP contribution in [-0.2, 0) is 6.18 Å². The normalized spacial score (nSPS) is 12.6. The van der Waals surface area contributed by atoms with Crippen LogP contribution in [0.3, 0.4) is 0 Å². The Morgan fingerprint density at radius 1 is 1.16 bits per heavy atom. The van der Waals surface area contributed by atoms with Gasteiger partial charge in [0.1, 0.15) is 0 Å². The molecule has 0 spiro atoms. The van der Waals surface area contributed by atoms with Gasteiger partial charge in [-0.25, -0.2) is 9.78 Å². The molecule has 164 valence electrons. The van der Waals surface area contributed by atoms with Crippen molar-refractivity contribution >= 4 is 11.7 Å². The molecule has 1 unspecified atom stereocenters. The summed E-state index contributed by atoms with van der Waals surface area (Å²) in [5.74, 6) is -0.955. The number of aromatic carboxylic acids is 1. The van der Waals surface area contributed by atoms with Gasteiger partial charge in [-0.05, 0) is 61.2 Å². The number of alkyl halides is 3. The molecule has 0 saturated carbocycles. The van der Waals surface area contributed by atoms with Gasteiger partial charge < -0.3 is 15.0 Å². The molecule has 0 fully saturated rings. The lowest BCUT2D eigenvalue weighted by molar-refractivity contribution is -0.140. The van der Waals surface area contributed by atoms with Gasteiger partial charge in [0.2, 0.25) is 0 Å². The number of carbonyl (C=O) groups is 1. The van der Waals surface area contributed by atoms with Crippen molar-refractivity contribution in [3.8, 4) is 5.69 Å². The van der Waals surface area contributed by atoms with Crippen LogP contribution in [0.25, 0.3) is 5.69 Å². The Morgan fingerprint density at radius 2 is 1.90 bits per heavy atom. The van der Waals surface area contributed by atoms with Gasteiger partial charge >= 0.3 is 12.1 Å². The highest BCUT2D eigenvalue weighted by Crippen LogP contribution is 2.30. The average Bonchev–Trinajstić information content (AvgIpc) is 3.18. The van der Waals surface area contributed by atoms with Crippen LogP contribution < -0.4 is 5.32 Å². The van der Waals surface area contributed by atoms with Crippen LogP contribution in [0, 0.1) is 13.8 Å². The zero-order chi connectivity index (χ0) is 22.8. The quantitative estimate of drug-likeness (QED) is 0.470. The molecule has 0 aliphatic carbocycles. The molecular weight excluding hydrogens is 407 g/mol. The summed E-state index contributed by atoms with van der Waals surface area (Å²) in [6.07, 6.45) is -0.595. The second-order valence-corrected chi connectivity index (χ2v) is 7.53. The van der Waals surface area contributed by atoms with E-state index in [1.54, 1.807) is 19.1 Å². The molecule has 1 heterocycles. The van der Waals surface area contributed by atoms with Gasteiger partial charge in [0.15, 0.2) is 5.69 Å². The molecule has 31 heavy (non-hydrogen) atoms. The number of anilines is 1. The molecular formula is C23H24F3N3O2. The van der Waals surface area contributed by atoms with Gasteiger partial charge in [-0.3, -0.25) is 0 Å². The van der Waals surface area contributed by atoms with E-state index in [9.17, 15) is 23.1 Å². The second kappa shape index (κ2) is 8.83. The van der Waals surface area contributed by atoms with Crippen LogP contribution in [0.2, 0.25) is 0 Å². The van der Waals surface area contributed by atoms with E-state index in [1.165, 1.54) is 4.57 Å². The first kappa shape index (κ1) is 22.4. The molecule has 8 heteroatoms. The second-order valence-electron chi connectivity index (χ2n) is 7.53. The number of aryl methyl sites for hydroxylation is 2. The number of aromatic nitrogens is 2. The third kappa shape index (κ3) is 5.07. The highest BCUT2D eigenvalue weighted by molar-refractivity contribution is 5.89. The number of nitrogens with one attached hydrogen (secondary N) is 1. The number of carboxylic acid groups (broad SMARTS) is 1. The summed E-state index contributed by atoms with van der Waals surface area (Å²) >= 11 is 0. The molecule has 3 aromatic rings. The number of nitrogens with zero attached hydrogens (tertiary/aromatic N) is 2. The van der Waals surface area contributed by atoms with E-state index in [2.05, 4.69) is 17.2 Å². The lowest BCUT2D eigenvalue weighted by atomic mass is 9.97. The number of carboxylic acids is 1. The predicted molar refractivity (Wildman–Crippen MR) is 113 cm³/mol. The highest BCUT2D eigenvalue weighted by atomic mass is 19.4. The van der Waals surface area contributed by atoms with E-state index in [-0.39, 0.29) is 11.6 Å². The van der Waals surface area contributed by atoms with Crippen LogP contribution in [0.1, 0.15) is 58.5 Å². The SMILES string of the molecule is CCCC(Nc1ccc(-n2cnc(C(F)(F)F)c2)c(C)c1)c1ccc(C(=O)O)c(C)c1. The van der Waals surface area contributed by atoms with Crippen LogP contribution in [0.5, 0.6) is 0 Å². The van der Waals surface area contributed by atoms with E-state index < -0.39 is 17.8 Å². The van der Waals surface area contributed by atoms with Gasteiger partial charge in [0.05, 0.1) is 17.9 Å². The first-order chi connectivity index (χ1) is 14.6. The molecule has 5 nitrogen and oxygen atoms in total. The zero-order valence-electron chi connectivity index (χ0n) is 17.5. The number of rotatable bonds is 7. The van der Waals surface area contributed by atoms with Crippen molar-refractivity contribution in [1.82, 2.24) is 9.55 Å². The Bertz CT molecular complexity index is 1090. The Kier molecular flexibility index (Phi) is 6.38. The Balaban J connectivity index is 1.85. The maximum atomic E-state index is 12.8. The van der Waals surface area contributed by atoms with Gasteiger partial charge in [0.25, 0.3) is 0 Å². The lowest BCUT2D eigenvalue weighted by Crippen LogP contribution is -2.12. The predicted octanol–water partition coefficient (Wildman–Crippen LogP) is 6.16. The van der Waals surface area contributed by atoms with Crippen molar-refractivity contribution in [3.05, 3.63) is 76.9 Å². The van der Waals surface area contributed by atoms with Crippen LogP contribution in [0.4, 0.5) is 18.9 Å². The van der Waals surface area contributed by atoms with Crippen molar-refractivity contribution in [2.45, 2.75) is 45.8 Å². The summed E-state index contributed by atoms with van der Waals surface area (Å²) in [6.45, 7) is 5.67. The number of hydrogen-bond acceptors (Lipinski definition) is 3. The summed E-state index contributed by atoms with van der Waals surface area (Å²) in [5.41, 5.74) is 3.26. The van der Waals surface area contributed by atoms with Crippen LogP contribution in [-0.4, -0.2) is 20.6 Å². The molecule has 0 amide bonds. The summed E-state index contributed by atoms with van der Waals surface area (Å²) < 4.78 is 39.9. The van der Waals surface area contributed by atoms with E-state index in [4.69, 9.17) is 0 Å².